The lowest BCUT2D eigenvalue weighted by molar-refractivity contribution is -0.150. The summed E-state index contributed by atoms with van der Waals surface area (Å²) in [5.41, 5.74) is -3.41. The second-order valence-electron chi connectivity index (χ2n) is 3.73. The van der Waals surface area contributed by atoms with Gasteiger partial charge in [-0.3, -0.25) is 0 Å². The minimum atomic E-state index is -4.96. The average molecular weight is 332 g/mol. The molecule has 2 aromatic rings. The Morgan fingerprint density at radius 3 is 1.75 bits per heavy atom. The minimum absolute atomic E-state index is 0.202. The number of pyridine rings is 1. The molecule has 9 heteroatoms. The Kier molecular flexibility index (Phi) is 3.72. The summed E-state index contributed by atoms with van der Waals surface area (Å²) < 4.78 is 75.9. The zero-order valence-electron chi connectivity index (χ0n) is 9.31. The molecule has 0 saturated heterocycles. The van der Waals surface area contributed by atoms with E-state index in [0.717, 1.165) is 11.3 Å². The first-order chi connectivity index (χ1) is 9.07. The highest BCUT2D eigenvalue weighted by Gasteiger charge is 2.39. The Morgan fingerprint density at radius 1 is 0.900 bits per heavy atom. The van der Waals surface area contributed by atoms with Crippen LogP contribution in [0.2, 0.25) is 4.34 Å². The molecule has 1 nitrogen and oxygen atoms in total. The normalized spacial score (nSPS) is 12.8. The number of alkyl halides is 6. The Labute approximate surface area is 117 Å². The van der Waals surface area contributed by atoms with E-state index in [4.69, 9.17) is 11.6 Å². The summed E-state index contributed by atoms with van der Waals surface area (Å²) in [6.45, 7) is 0. The first-order valence-corrected chi connectivity index (χ1v) is 6.19. The van der Waals surface area contributed by atoms with Crippen LogP contribution in [0.15, 0.2) is 24.3 Å². The van der Waals surface area contributed by atoms with Crippen LogP contribution in [0, 0.1) is 0 Å². The van der Waals surface area contributed by atoms with Gasteiger partial charge in [-0.05, 0) is 29.8 Å². The van der Waals surface area contributed by atoms with Crippen molar-refractivity contribution in [3.05, 3.63) is 40.0 Å². The van der Waals surface area contributed by atoms with Crippen LogP contribution in [0.3, 0.4) is 0 Å². The molecule has 0 aliphatic rings. The second-order valence-corrected chi connectivity index (χ2v) is 5.44. The number of rotatable bonds is 1. The van der Waals surface area contributed by atoms with Gasteiger partial charge in [0.25, 0.3) is 0 Å². The monoisotopic (exact) mass is 331 g/mol. The van der Waals surface area contributed by atoms with Crippen molar-refractivity contribution in [1.29, 1.82) is 0 Å². The van der Waals surface area contributed by atoms with Crippen LogP contribution in [-0.2, 0) is 12.4 Å². The van der Waals surface area contributed by atoms with Crippen molar-refractivity contribution < 1.29 is 26.3 Å². The van der Waals surface area contributed by atoms with E-state index in [0.29, 0.717) is 12.1 Å². The fourth-order valence-electron chi connectivity index (χ4n) is 1.43. The number of hydrogen-bond acceptors (Lipinski definition) is 2. The van der Waals surface area contributed by atoms with Crippen molar-refractivity contribution in [3.8, 4) is 10.4 Å². The van der Waals surface area contributed by atoms with E-state index in [-0.39, 0.29) is 14.8 Å². The predicted octanol–water partition coefficient (Wildman–Crippen LogP) is 5.50. The number of nitrogens with zero attached hydrogens (tertiary/aromatic N) is 1. The zero-order valence-corrected chi connectivity index (χ0v) is 10.9. The van der Waals surface area contributed by atoms with Crippen molar-refractivity contribution >= 4 is 22.9 Å². The molecule has 0 aliphatic heterocycles. The second kappa shape index (κ2) is 4.92. The van der Waals surface area contributed by atoms with Gasteiger partial charge in [-0.25, -0.2) is 4.98 Å². The third-order valence-electron chi connectivity index (χ3n) is 2.26. The van der Waals surface area contributed by atoms with E-state index in [1.54, 1.807) is 0 Å². The lowest BCUT2D eigenvalue weighted by Gasteiger charge is -2.12. The first kappa shape index (κ1) is 15.1. The van der Waals surface area contributed by atoms with Crippen LogP contribution in [-0.4, -0.2) is 4.98 Å². The van der Waals surface area contributed by atoms with Crippen LogP contribution >= 0.6 is 22.9 Å². The fourth-order valence-corrected chi connectivity index (χ4v) is 2.46. The lowest BCUT2D eigenvalue weighted by atomic mass is 10.1. The maximum absolute atomic E-state index is 12.6. The maximum atomic E-state index is 12.6. The van der Waals surface area contributed by atoms with Crippen LogP contribution in [0.5, 0.6) is 0 Å². The Morgan fingerprint density at radius 2 is 1.40 bits per heavy atom. The van der Waals surface area contributed by atoms with E-state index in [1.165, 1.54) is 12.1 Å². The van der Waals surface area contributed by atoms with Crippen molar-refractivity contribution in [3.63, 3.8) is 0 Å². The standard InChI is InChI=1S/C11H4ClF6NS/c12-9-2-1-6(20-9)5-3-7(10(13,14)15)19-8(4-5)11(16,17)18/h1-4H. The third-order valence-corrected chi connectivity index (χ3v) is 3.54. The van der Waals surface area contributed by atoms with E-state index >= 15 is 0 Å². The smallest absolute Gasteiger partial charge is 0.239 e. The molecule has 0 atom stereocenters. The molecule has 20 heavy (non-hydrogen) atoms. The van der Waals surface area contributed by atoms with E-state index in [2.05, 4.69) is 4.98 Å². The molecule has 108 valence electrons. The number of hydrogen-bond donors (Lipinski definition) is 0. The predicted molar refractivity (Wildman–Crippen MR) is 62.6 cm³/mol. The number of halogens is 7. The van der Waals surface area contributed by atoms with Crippen molar-refractivity contribution in [2.45, 2.75) is 12.4 Å². The summed E-state index contributed by atoms with van der Waals surface area (Å²) in [6, 6.07) is 3.87. The number of aromatic nitrogens is 1. The number of thiophene rings is 1. The largest absolute Gasteiger partial charge is 0.433 e. The average Bonchev–Trinajstić information content (AvgIpc) is 2.73. The highest BCUT2D eigenvalue weighted by Crippen LogP contribution is 2.38. The maximum Gasteiger partial charge on any atom is 0.433 e. The Bertz CT molecular complexity index is 598. The highest BCUT2D eigenvalue weighted by atomic mass is 35.5. The quantitative estimate of drug-likeness (QED) is 0.629. The van der Waals surface area contributed by atoms with Gasteiger partial charge in [0.2, 0.25) is 0 Å². The van der Waals surface area contributed by atoms with Crippen LogP contribution in [0.1, 0.15) is 11.4 Å². The van der Waals surface area contributed by atoms with Gasteiger partial charge in [-0.1, -0.05) is 11.6 Å². The molecule has 0 aromatic carbocycles. The summed E-state index contributed by atoms with van der Waals surface area (Å²) in [7, 11) is 0. The molecular formula is C11H4ClF6NS. The van der Waals surface area contributed by atoms with Gasteiger partial charge in [0.1, 0.15) is 11.4 Å². The summed E-state index contributed by atoms with van der Waals surface area (Å²) in [6.07, 6.45) is -9.92. The van der Waals surface area contributed by atoms with Gasteiger partial charge in [0, 0.05) is 4.88 Å². The van der Waals surface area contributed by atoms with Crippen LogP contribution < -0.4 is 0 Å². The van der Waals surface area contributed by atoms with Gasteiger partial charge in [-0.2, -0.15) is 26.3 Å². The molecule has 0 spiro atoms. The molecule has 0 fully saturated rings. The third kappa shape index (κ3) is 3.24. The molecule has 2 rings (SSSR count). The topological polar surface area (TPSA) is 12.9 Å². The zero-order chi connectivity index (χ0) is 15.1. The summed E-state index contributed by atoms with van der Waals surface area (Å²) >= 11 is 6.51. The molecular weight excluding hydrogens is 328 g/mol. The molecule has 2 aromatic heterocycles. The van der Waals surface area contributed by atoms with Crippen LogP contribution in [0.4, 0.5) is 26.3 Å². The molecule has 2 heterocycles. The van der Waals surface area contributed by atoms with E-state index < -0.39 is 23.7 Å². The lowest BCUT2D eigenvalue weighted by Crippen LogP contribution is -2.15. The summed E-state index contributed by atoms with van der Waals surface area (Å²) in [5.74, 6) is 0. The summed E-state index contributed by atoms with van der Waals surface area (Å²) in [5, 5.41) is 0. The Hall–Kier alpha value is -1.28. The fraction of sp³-hybridized carbons (Fsp3) is 0.182. The molecule has 0 aliphatic carbocycles. The van der Waals surface area contributed by atoms with Crippen molar-refractivity contribution in [2.75, 3.05) is 0 Å². The van der Waals surface area contributed by atoms with Gasteiger partial charge in [0.05, 0.1) is 4.34 Å². The van der Waals surface area contributed by atoms with Gasteiger partial charge in [0.15, 0.2) is 0 Å². The van der Waals surface area contributed by atoms with Crippen molar-refractivity contribution in [2.24, 2.45) is 0 Å². The molecule has 0 amide bonds. The molecule has 0 saturated carbocycles. The Balaban J connectivity index is 2.63. The minimum Gasteiger partial charge on any atom is -0.239 e. The molecule has 0 radical (unpaired) electrons. The van der Waals surface area contributed by atoms with Crippen molar-refractivity contribution in [1.82, 2.24) is 4.98 Å². The highest BCUT2D eigenvalue weighted by molar-refractivity contribution is 7.19. The van der Waals surface area contributed by atoms with Gasteiger partial charge >= 0.3 is 12.4 Å². The van der Waals surface area contributed by atoms with E-state index in [1.807, 2.05) is 0 Å². The van der Waals surface area contributed by atoms with Gasteiger partial charge < -0.3 is 0 Å². The molecule has 0 bridgehead atoms. The molecule has 0 N–H and O–H groups in total. The summed E-state index contributed by atoms with van der Waals surface area (Å²) in [4.78, 5) is 2.83. The van der Waals surface area contributed by atoms with Crippen LogP contribution in [0.25, 0.3) is 10.4 Å². The van der Waals surface area contributed by atoms with Gasteiger partial charge in [-0.15, -0.1) is 11.3 Å². The van der Waals surface area contributed by atoms with E-state index in [9.17, 15) is 26.3 Å². The molecule has 0 unspecified atom stereocenters. The SMILES string of the molecule is FC(F)(F)c1cc(-c2ccc(Cl)s2)cc(C(F)(F)F)n1. The first-order valence-electron chi connectivity index (χ1n) is 4.99.